The third-order valence-corrected chi connectivity index (χ3v) is 9.29. The summed E-state index contributed by atoms with van der Waals surface area (Å²) in [4.78, 5) is 64.2. The van der Waals surface area contributed by atoms with E-state index in [2.05, 4.69) is 0 Å². The number of para-hydroxylation sites is 1. The highest BCUT2D eigenvalue weighted by Crippen LogP contribution is 2.65. The van der Waals surface area contributed by atoms with Crippen molar-refractivity contribution in [3.8, 4) is 0 Å². The summed E-state index contributed by atoms with van der Waals surface area (Å²) >= 11 is 0. The van der Waals surface area contributed by atoms with E-state index in [1.807, 2.05) is 13.8 Å². The van der Waals surface area contributed by atoms with Crippen LogP contribution in [0.3, 0.4) is 0 Å². The first-order valence-electron chi connectivity index (χ1n) is 13.5. The van der Waals surface area contributed by atoms with Crippen LogP contribution in [0.1, 0.15) is 56.8 Å². The Morgan fingerprint density at radius 2 is 1.90 bits per heavy atom. The molecule has 7 atom stereocenters. The van der Waals surface area contributed by atoms with Gasteiger partial charge in [0, 0.05) is 30.0 Å². The molecule has 1 aromatic heterocycles. The predicted molar refractivity (Wildman–Crippen MR) is 142 cm³/mol. The van der Waals surface area contributed by atoms with Crippen LogP contribution in [0.25, 0.3) is 6.08 Å². The van der Waals surface area contributed by atoms with Crippen molar-refractivity contribution in [1.29, 1.82) is 0 Å². The van der Waals surface area contributed by atoms with Crippen LogP contribution < -0.4 is 0 Å². The average Bonchev–Trinajstić information content (AvgIpc) is 3.48. The lowest BCUT2D eigenvalue weighted by atomic mass is 9.43. The Balaban J connectivity index is 1.47. The number of nitro groups is 1. The van der Waals surface area contributed by atoms with Gasteiger partial charge in [-0.25, -0.2) is 4.79 Å². The first-order valence-corrected chi connectivity index (χ1v) is 13.5. The van der Waals surface area contributed by atoms with Gasteiger partial charge in [-0.2, -0.15) is 0 Å². The van der Waals surface area contributed by atoms with Gasteiger partial charge >= 0.3 is 17.9 Å². The Bertz CT molecular complexity index is 1410. The number of methoxy groups -OCH3 is 1. The molecule has 1 saturated heterocycles. The lowest BCUT2D eigenvalue weighted by molar-refractivity contribution is -0.385. The Morgan fingerprint density at radius 3 is 2.59 bits per heavy atom. The summed E-state index contributed by atoms with van der Waals surface area (Å²) in [6, 6.07) is 7.60. The number of carbonyl (C=O) groups excluding carboxylic acids is 4. The molecule has 2 aliphatic carbocycles. The van der Waals surface area contributed by atoms with Gasteiger partial charge in [-0.1, -0.05) is 26.0 Å². The maximum atomic E-state index is 14.2. The molecule has 3 fully saturated rings. The number of hydrogen-bond acceptors (Lipinski definition) is 10. The highest BCUT2D eigenvalue weighted by atomic mass is 16.6. The molecule has 0 amide bonds. The Kier molecular flexibility index (Phi) is 7.31. The number of rotatable bonds is 6. The summed E-state index contributed by atoms with van der Waals surface area (Å²) < 4.78 is 21.7. The van der Waals surface area contributed by atoms with Crippen LogP contribution in [0, 0.1) is 38.7 Å². The van der Waals surface area contributed by atoms with Gasteiger partial charge in [0.25, 0.3) is 5.69 Å². The van der Waals surface area contributed by atoms with E-state index >= 15 is 0 Å². The number of hydrogen-bond donors (Lipinski definition) is 0. The molecule has 2 heterocycles. The highest BCUT2D eigenvalue weighted by Gasteiger charge is 2.67. The fourth-order valence-corrected chi connectivity index (χ4v) is 7.40. The van der Waals surface area contributed by atoms with E-state index in [1.165, 1.54) is 43.9 Å². The molecule has 3 aliphatic rings. The predicted octanol–water partition coefficient (Wildman–Crippen LogP) is 4.60. The molecule has 11 nitrogen and oxygen atoms in total. The summed E-state index contributed by atoms with van der Waals surface area (Å²) in [5, 5.41) is 11.3. The standard InChI is InChI=1S/C30H31NO10/c1-29-12-10-19-28(35)41-23(18-11-13-39-16-18)15-30(19,2)26(29)25(33)22(14-20(29)27(34)38-3)40-24(32)9-8-17-6-4-5-7-21(17)31(36)37/h4-9,11,13,16,19-20,22-23,26H,10,12,14-15H2,1-3H3/b9-8+/t19-,20-,22-,23-,26-,29-,30-/m0/s1. The first kappa shape index (κ1) is 28.3. The van der Waals surface area contributed by atoms with Crippen molar-refractivity contribution in [2.24, 2.45) is 28.6 Å². The number of ether oxygens (including phenoxy) is 3. The van der Waals surface area contributed by atoms with Gasteiger partial charge in [0.1, 0.15) is 6.10 Å². The van der Waals surface area contributed by atoms with E-state index in [4.69, 9.17) is 18.6 Å². The zero-order chi connectivity index (χ0) is 29.5. The second kappa shape index (κ2) is 10.6. The van der Waals surface area contributed by atoms with E-state index in [9.17, 15) is 29.3 Å². The third kappa shape index (κ3) is 4.83. The highest BCUT2D eigenvalue weighted by molar-refractivity contribution is 5.95. The maximum absolute atomic E-state index is 14.2. The van der Waals surface area contributed by atoms with Crippen LogP contribution in [0.5, 0.6) is 0 Å². The maximum Gasteiger partial charge on any atom is 0.331 e. The quantitative estimate of drug-likeness (QED) is 0.160. The van der Waals surface area contributed by atoms with Gasteiger partial charge in [0.2, 0.25) is 0 Å². The van der Waals surface area contributed by atoms with E-state index in [0.717, 1.165) is 6.08 Å². The Morgan fingerprint density at radius 1 is 1.15 bits per heavy atom. The van der Waals surface area contributed by atoms with Gasteiger partial charge in [-0.15, -0.1) is 0 Å². The lowest BCUT2D eigenvalue weighted by Gasteiger charge is -2.60. The number of ketones is 1. The molecule has 0 radical (unpaired) electrons. The molecule has 2 saturated carbocycles. The summed E-state index contributed by atoms with van der Waals surface area (Å²) in [6.07, 6.45) is 4.43. The number of Topliss-reactive ketones (excluding diaryl/α,β-unsaturated/α-hetero) is 1. The van der Waals surface area contributed by atoms with Crippen molar-refractivity contribution < 1.29 is 42.7 Å². The smallest absolute Gasteiger partial charge is 0.331 e. The normalized spacial score (nSPS) is 32.9. The third-order valence-electron chi connectivity index (χ3n) is 9.29. The molecule has 0 unspecified atom stereocenters. The van der Waals surface area contributed by atoms with Crippen molar-refractivity contribution in [3.63, 3.8) is 0 Å². The molecule has 1 aromatic carbocycles. The van der Waals surface area contributed by atoms with Gasteiger partial charge in [0.05, 0.1) is 42.0 Å². The number of carbonyl (C=O) groups is 4. The number of nitro benzene ring substituents is 1. The van der Waals surface area contributed by atoms with Crippen molar-refractivity contribution in [3.05, 3.63) is 70.2 Å². The molecular formula is C30H31NO10. The minimum Gasteiger partial charge on any atom is -0.472 e. The molecular weight excluding hydrogens is 534 g/mol. The fraction of sp³-hybridized carbons (Fsp3) is 0.467. The number of esters is 3. The van der Waals surface area contributed by atoms with E-state index in [-0.39, 0.29) is 23.5 Å². The number of benzene rings is 1. The van der Waals surface area contributed by atoms with Crippen molar-refractivity contribution in [2.75, 3.05) is 7.11 Å². The van der Waals surface area contributed by atoms with Gasteiger partial charge in [0.15, 0.2) is 11.9 Å². The summed E-state index contributed by atoms with van der Waals surface area (Å²) in [5.74, 6) is -4.35. The largest absolute Gasteiger partial charge is 0.472 e. The molecule has 0 bridgehead atoms. The Labute approximate surface area is 236 Å². The zero-order valence-corrected chi connectivity index (χ0v) is 22.9. The second-order valence-electron chi connectivity index (χ2n) is 11.5. The Hall–Kier alpha value is -4.28. The minimum absolute atomic E-state index is 0.0695. The van der Waals surface area contributed by atoms with E-state index in [0.29, 0.717) is 24.8 Å². The average molecular weight is 566 g/mol. The molecule has 2 aromatic rings. The number of nitrogens with zero attached hydrogens (tertiary/aromatic N) is 1. The SMILES string of the molecule is COC(=O)[C@@H]1C[C@H](OC(=O)/C=C/c2ccccc2[N+](=O)[O-])C(=O)[C@H]2[C@@]1(C)CC[C@H]1C(=O)O[C@H](c3ccoc3)C[C@]21C. The van der Waals surface area contributed by atoms with E-state index < -0.39 is 63.6 Å². The second-order valence-corrected chi connectivity index (χ2v) is 11.5. The topological polar surface area (TPSA) is 152 Å². The summed E-state index contributed by atoms with van der Waals surface area (Å²) in [5.41, 5.74) is -1.08. The minimum atomic E-state index is -1.28. The fourth-order valence-electron chi connectivity index (χ4n) is 7.40. The monoisotopic (exact) mass is 565 g/mol. The molecule has 5 rings (SSSR count). The van der Waals surface area contributed by atoms with Crippen LogP contribution in [0.15, 0.2) is 53.4 Å². The molecule has 0 N–H and O–H groups in total. The number of fused-ring (bicyclic) bond motifs is 3. The zero-order valence-electron chi connectivity index (χ0n) is 22.9. The van der Waals surface area contributed by atoms with Crippen molar-refractivity contribution >= 4 is 35.5 Å². The molecule has 41 heavy (non-hydrogen) atoms. The number of cyclic esters (lactones) is 1. The van der Waals surface area contributed by atoms with Crippen LogP contribution in [0.2, 0.25) is 0 Å². The number of furan rings is 1. The van der Waals surface area contributed by atoms with E-state index in [1.54, 1.807) is 12.1 Å². The molecule has 11 heteroatoms. The van der Waals surface area contributed by atoms with Crippen molar-refractivity contribution in [2.45, 2.75) is 51.7 Å². The molecule has 0 spiro atoms. The summed E-state index contributed by atoms with van der Waals surface area (Å²) in [7, 11) is 1.27. The van der Waals surface area contributed by atoms with Gasteiger partial charge in [-0.05, 0) is 48.3 Å². The molecule has 1 aliphatic heterocycles. The van der Waals surface area contributed by atoms with Crippen molar-refractivity contribution in [1.82, 2.24) is 0 Å². The van der Waals surface area contributed by atoms with Gasteiger partial charge < -0.3 is 18.6 Å². The van der Waals surface area contributed by atoms with Crippen LogP contribution in [-0.4, -0.2) is 41.8 Å². The van der Waals surface area contributed by atoms with Crippen LogP contribution >= 0.6 is 0 Å². The summed E-state index contributed by atoms with van der Waals surface area (Å²) in [6.45, 7) is 3.75. The molecule has 216 valence electrons. The lowest BCUT2D eigenvalue weighted by Crippen LogP contribution is -2.64. The van der Waals surface area contributed by atoms with Gasteiger partial charge in [-0.3, -0.25) is 24.5 Å². The van der Waals surface area contributed by atoms with Crippen LogP contribution in [-0.2, 0) is 33.4 Å². The first-order chi connectivity index (χ1) is 19.5. The van der Waals surface area contributed by atoms with Crippen LogP contribution in [0.4, 0.5) is 5.69 Å².